The molecule has 0 bridgehead atoms. The predicted molar refractivity (Wildman–Crippen MR) is 86.8 cm³/mol. The molecular weight excluding hydrogens is 345 g/mol. The number of carboxylic acids is 1. The van der Waals surface area contributed by atoms with E-state index in [9.17, 15) is 19.6 Å². The van der Waals surface area contributed by atoms with Gasteiger partial charge in [-0.3, -0.25) is 4.68 Å². The van der Waals surface area contributed by atoms with Crippen LogP contribution in [0.25, 0.3) is 0 Å². The Labute approximate surface area is 148 Å². The lowest BCUT2D eigenvalue weighted by molar-refractivity contribution is 0.0341. The molecule has 3 rings (SSSR count). The highest BCUT2D eigenvalue weighted by atomic mass is 19.1. The molecule has 1 fully saturated rings. The maximum absolute atomic E-state index is 13.5. The number of nitrogens with zero attached hydrogens (tertiary/aromatic N) is 4. The van der Waals surface area contributed by atoms with Crippen molar-refractivity contribution in [2.24, 2.45) is 5.92 Å². The molecule has 0 spiro atoms. The fourth-order valence-corrected chi connectivity index (χ4v) is 2.73. The average Bonchev–Trinajstić information content (AvgIpc) is 3.05. The zero-order chi connectivity index (χ0) is 18.7. The third-order valence-corrected chi connectivity index (χ3v) is 4.04. The number of nitrogens with one attached hydrogen (secondary N) is 1. The lowest BCUT2D eigenvalue weighted by atomic mass is 9.97. The number of aromatic carboxylic acids is 1. The number of halogens is 1. The third-order valence-electron chi connectivity index (χ3n) is 4.04. The number of rotatable bonds is 5. The van der Waals surface area contributed by atoms with Gasteiger partial charge in [-0.2, -0.15) is 19.7 Å². The van der Waals surface area contributed by atoms with E-state index in [1.54, 1.807) is 0 Å². The van der Waals surface area contributed by atoms with Gasteiger partial charge in [0.15, 0.2) is 5.82 Å². The first kappa shape index (κ1) is 17.6. The number of anilines is 2. The molecule has 136 valence electrons. The Morgan fingerprint density at radius 2 is 2.38 bits per heavy atom. The summed E-state index contributed by atoms with van der Waals surface area (Å²) in [5.74, 6) is -2.27. The highest BCUT2D eigenvalue weighted by Gasteiger charge is 2.30. The van der Waals surface area contributed by atoms with Gasteiger partial charge in [-0.25, -0.2) is 4.79 Å². The van der Waals surface area contributed by atoms with Crippen molar-refractivity contribution in [3.63, 3.8) is 0 Å². The molecule has 2 atom stereocenters. The topological polar surface area (TPSA) is 122 Å². The summed E-state index contributed by atoms with van der Waals surface area (Å²) in [7, 11) is 1.34. The van der Waals surface area contributed by atoms with Crippen LogP contribution in [0.4, 0.5) is 15.9 Å². The van der Waals surface area contributed by atoms with E-state index in [-0.39, 0.29) is 35.5 Å². The lowest BCUT2D eigenvalue weighted by Crippen LogP contribution is -2.29. The molecule has 0 unspecified atom stereocenters. The van der Waals surface area contributed by atoms with E-state index in [0.717, 1.165) is 6.07 Å². The quantitative estimate of drug-likeness (QED) is 0.775. The van der Waals surface area contributed by atoms with Crippen LogP contribution in [0.5, 0.6) is 5.88 Å². The second-order valence-corrected chi connectivity index (χ2v) is 5.69. The zero-order valence-electron chi connectivity index (χ0n) is 13.8. The van der Waals surface area contributed by atoms with Gasteiger partial charge in [-0.1, -0.05) is 0 Å². The van der Waals surface area contributed by atoms with Gasteiger partial charge in [0.2, 0.25) is 11.8 Å². The van der Waals surface area contributed by atoms with Crippen molar-refractivity contribution in [3.8, 4) is 11.9 Å². The Morgan fingerprint density at radius 3 is 3.08 bits per heavy atom. The molecule has 0 amide bonds. The van der Waals surface area contributed by atoms with E-state index >= 15 is 0 Å². The Bertz CT molecular complexity index is 863. The SMILES string of the molecule is COc1cc(Nc2nn([C@H]3COCC[C@@H]3C#N)cc2C(=O)O)cc(F)n1. The van der Waals surface area contributed by atoms with Gasteiger partial charge in [0.1, 0.15) is 5.56 Å². The molecule has 2 aromatic rings. The van der Waals surface area contributed by atoms with E-state index in [0.29, 0.717) is 13.0 Å². The van der Waals surface area contributed by atoms with Gasteiger partial charge < -0.3 is 19.9 Å². The van der Waals surface area contributed by atoms with Crippen molar-refractivity contribution in [2.45, 2.75) is 12.5 Å². The highest BCUT2D eigenvalue weighted by molar-refractivity contribution is 5.93. The summed E-state index contributed by atoms with van der Waals surface area (Å²) in [5.41, 5.74) is 0.127. The Hall–Kier alpha value is -3.19. The fourth-order valence-electron chi connectivity index (χ4n) is 2.73. The molecule has 1 aliphatic heterocycles. The number of aromatic nitrogens is 3. The second kappa shape index (κ2) is 7.37. The van der Waals surface area contributed by atoms with Crippen molar-refractivity contribution < 1.29 is 23.8 Å². The molecule has 26 heavy (non-hydrogen) atoms. The fraction of sp³-hybridized carbons (Fsp3) is 0.375. The molecule has 0 aromatic carbocycles. The molecule has 1 saturated heterocycles. The number of hydrogen-bond acceptors (Lipinski definition) is 7. The maximum Gasteiger partial charge on any atom is 0.341 e. The van der Waals surface area contributed by atoms with Gasteiger partial charge in [-0.15, -0.1) is 0 Å². The van der Waals surface area contributed by atoms with Crippen molar-refractivity contribution >= 4 is 17.5 Å². The minimum Gasteiger partial charge on any atom is -0.481 e. The molecule has 2 N–H and O–H groups in total. The molecule has 9 nitrogen and oxygen atoms in total. The number of carbonyl (C=O) groups is 1. The maximum atomic E-state index is 13.5. The van der Waals surface area contributed by atoms with Crippen LogP contribution < -0.4 is 10.1 Å². The summed E-state index contributed by atoms with van der Waals surface area (Å²) in [6.45, 7) is 0.735. The molecule has 3 heterocycles. The molecule has 0 saturated carbocycles. The van der Waals surface area contributed by atoms with Crippen LogP contribution >= 0.6 is 0 Å². The van der Waals surface area contributed by atoms with Gasteiger partial charge >= 0.3 is 5.97 Å². The molecular formula is C16H16FN5O4. The summed E-state index contributed by atoms with van der Waals surface area (Å²) in [5, 5.41) is 25.7. The molecule has 2 aromatic heterocycles. The van der Waals surface area contributed by atoms with Crippen LogP contribution in [0.15, 0.2) is 18.3 Å². The molecule has 0 aliphatic carbocycles. The Balaban J connectivity index is 1.94. The standard InChI is InChI=1S/C16H16FN5O4/c1-25-14-5-10(4-13(17)20-14)19-15-11(16(23)24)7-22(21-15)12-8-26-3-2-9(12)6-18/h4-5,7,9,12H,2-3,8H2,1H3,(H,23,24)(H,19,20,21)/t9-,12+/m1/s1. The third kappa shape index (κ3) is 3.57. The lowest BCUT2D eigenvalue weighted by Gasteiger charge is -2.26. The zero-order valence-corrected chi connectivity index (χ0v) is 13.8. The molecule has 10 heteroatoms. The van der Waals surface area contributed by atoms with Crippen LogP contribution in [0, 0.1) is 23.2 Å². The van der Waals surface area contributed by atoms with Crippen molar-refractivity contribution in [1.82, 2.24) is 14.8 Å². The summed E-state index contributed by atoms with van der Waals surface area (Å²) in [4.78, 5) is 15.1. The summed E-state index contributed by atoms with van der Waals surface area (Å²) in [6.07, 6.45) is 1.88. The van der Waals surface area contributed by atoms with E-state index in [2.05, 4.69) is 21.5 Å². The first-order chi connectivity index (χ1) is 12.5. The number of ether oxygens (including phenoxy) is 2. The van der Waals surface area contributed by atoms with E-state index in [1.807, 2.05) is 0 Å². The monoisotopic (exact) mass is 361 g/mol. The first-order valence-corrected chi connectivity index (χ1v) is 7.80. The van der Waals surface area contributed by atoms with Crippen LogP contribution in [0.2, 0.25) is 0 Å². The number of nitriles is 1. The van der Waals surface area contributed by atoms with Crippen molar-refractivity contribution in [2.75, 3.05) is 25.6 Å². The number of pyridine rings is 1. The van der Waals surface area contributed by atoms with Gasteiger partial charge in [0.25, 0.3) is 0 Å². The van der Waals surface area contributed by atoms with E-state index < -0.39 is 18.0 Å². The van der Waals surface area contributed by atoms with Gasteiger partial charge in [0, 0.05) is 30.6 Å². The number of hydrogen-bond donors (Lipinski definition) is 2. The van der Waals surface area contributed by atoms with Crippen molar-refractivity contribution in [3.05, 3.63) is 29.8 Å². The van der Waals surface area contributed by atoms with Crippen LogP contribution in [-0.2, 0) is 4.74 Å². The highest BCUT2D eigenvalue weighted by Crippen LogP contribution is 2.29. The normalized spacial score (nSPS) is 19.6. The van der Waals surface area contributed by atoms with E-state index in [4.69, 9.17) is 9.47 Å². The van der Waals surface area contributed by atoms with Crippen LogP contribution in [-0.4, -0.2) is 46.2 Å². The summed E-state index contributed by atoms with van der Waals surface area (Å²) < 4.78 is 25.2. The average molecular weight is 361 g/mol. The summed E-state index contributed by atoms with van der Waals surface area (Å²) in [6, 6.07) is 4.31. The Morgan fingerprint density at radius 1 is 1.58 bits per heavy atom. The minimum atomic E-state index is -1.20. The molecule has 1 aliphatic rings. The van der Waals surface area contributed by atoms with Gasteiger partial charge in [-0.05, 0) is 6.42 Å². The van der Waals surface area contributed by atoms with E-state index in [1.165, 1.54) is 24.1 Å². The molecule has 0 radical (unpaired) electrons. The second-order valence-electron chi connectivity index (χ2n) is 5.69. The largest absolute Gasteiger partial charge is 0.481 e. The van der Waals surface area contributed by atoms with Crippen LogP contribution in [0.3, 0.4) is 0 Å². The number of methoxy groups -OCH3 is 1. The smallest absolute Gasteiger partial charge is 0.341 e. The first-order valence-electron chi connectivity index (χ1n) is 7.80. The van der Waals surface area contributed by atoms with Crippen molar-refractivity contribution in [1.29, 1.82) is 5.26 Å². The number of carboxylic acid groups (broad SMARTS) is 1. The minimum absolute atomic E-state index is 0.0208. The predicted octanol–water partition coefficient (Wildman–Crippen LogP) is 1.97. The van der Waals surface area contributed by atoms with Crippen LogP contribution in [0.1, 0.15) is 22.8 Å². The Kier molecular flexibility index (Phi) is 4.99. The van der Waals surface area contributed by atoms with Gasteiger partial charge in [0.05, 0.1) is 31.7 Å². The summed E-state index contributed by atoms with van der Waals surface area (Å²) >= 11 is 0.